The maximum atomic E-state index is 12.2. The first-order valence-electron chi connectivity index (χ1n) is 4.88. The molecule has 1 saturated heterocycles. The molecular weight excluding hydrogens is 286 g/mol. The molecule has 0 saturated carbocycles. The van der Waals surface area contributed by atoms with Gasteiger partial charge in [0.2, 0.25) is 5.91 Å². The molecular formula is C8H10ClN3O3S2. The maximum absolute atomic E-state index is 12.2. The van der Waals surface area contributed by atoms with Gasteiger partial charge in [-0.25, -0.2) is 13.4 Å². The number of carbonyl (C=O) groups is 1. The highest BCUT2D eigenvalue weighted by molar-refractivity contribution is 7.91. The van der Waals surface area contributed by atoms with Gasteiger partial charge in [0.1, 0.15) is 0 Å². The Balaban J connectivity index is 2.28. The molecule has 1 fully saturated rings. The number of thiazole rings is 1. The Morgan fingerprint density at radius 3 is 2.94 bits per heavy atom. The van der Waals surface area contributed by atoms with E-state index in [-0.39, 0.29) is 21.1 Å². The SMILES string of the molecule is O=C1CN(S(=O)(=O)c2cnc(Cl)s2)CCCN1. The van der Waals surface area contributed by atoms with E-state index in [1.54, 1.807) is 0 Å². The Morgan fingerprint density at radius 2 is 2.29 bits per heavy atom. The second kappa shape index (κ2) is 4.89. The molecule has 17 heavy (non-hydrogen) atoms. The molecule has 0 spiro atoms. The molecule has 0 aromatic carbocycles. The fourth-order valence-corrected chi connectivity index (χ4v) is 4.35. The van der Waals surface area contributed by atoms with Crippen molar-refractivity contribution in [2.45, 2.75) is 10.6 Å². The van der Waals surface area contributed by atoms with E-state index in [2.05, 4.69) is 10.3 Å². The van der Waals surface area contributed by atoms with E-state index in [1.807, 2.05) is 0 Å². The van der Waals surface area contributed by atoms with E-state index in [0.29, 0.717) is 19.5 Å². The zero-order valence-electron chi connectivity index (χ0n) is 8.72. The predicted molar refractivity (Wildman–Crippen MR) is 63.5 cm³/mol. The first-order chi connectivity index (χ1) is 8.00. The number of amides is 1. The molecule has 2 rings (SSSR count). The van der Waals surface area contributed by atoms with E-state index in [0.717, 1.165) is 15.6 Å². The van der Waals surface area contributed by atoms with Gasteiger partial charge in [0.25, 0.3) is 10.0 Å². The zero-order valence-corrected chi connectivity index (χ0v) is 11.1. The lowest BCUT2D eigenvalue weighted by Crippen LogP contribution is -2.37. The van der Waals surface area contributed by atoms with Crippen molar-refractivity contribution in [2.24, 2.45) is 0 Å². The number of hydrogen-bond donors (Lipinski definition) is 1. The number of halogens is 1. The highest BCUT2D eigenvalue weighted by Gasteiger charge is 2.29. The van der Waals surface area contributed by atoms with E-state index >= 15 is 0 Å². The minimum atomic E-state index is -3.65. The van der Waals surface area contributed by atoms with Crippen LogP contribution in [0.15, 0.2) is 10.4 Å². The second-order valence-electron chi connectivity index (χ2n) is 3.47. The monoisotopic (exact) mass is 295 g/mol. The minimum Gasteiger partial charge on any atom is -0.355 e. The molecule has 1 aromatic rings. The van der Waals surface area contributed by atoms with Crippen LogP contribution < -0.4 is 5.32 Å². The van der Waals surface area contributed by atoms with Crippen LogP contribution in [0.3, 0.4) is 0 Å². The Bertz CT molecular complexity index is 528. The molecule has 0 bridgehead atoms. The van der Waals surface area contributed by atoms with Crippen LogP contribution in [0.25, 0.3) is 0 Å². The van der Waals surface area contributed by atoms with Gasteiger partial charge in [-0.1, -0.05) is 22.9 Å². The Labute approximate surface area is 108 Å². The molecule has 9 heteroatoms. The van der Waals surface area contributed by atoms with Gasteiger partial charge in [-0.15, -0.1) is 0 Å². The summed E-state index contributed by atoms with van der Waals surface area (Å²) in [4.78, 5) is 15.0. The molecule has 94 valence electrons. The molecule has 0 unspecified atom stereocenters. The molecule has 0 radical (unpaired) electrons. The first-order valence-corrected chi connectivity index (χ1v) is 7.52. The van der Waals surface area contributed by atoms with E-state index in [9.17, 15) is 13.2 Å². The van der Waals surface area contributed by atoms with Crippen molar-refractivity contribution in [3.05, 3.63) is 10.7 Å². The number of hydrogen-bond acceptors (Lipinski definition) is 5. The molecule has 1 amide bonds. The molecule has 2 heterocycles. The number of rotatable bonds is 2. The van der Waals surface area contributed by atoms with Crippen LogP contribution in [-0.2, 0) is 14.8 Å². The smallest absolute Gasteiger partial charge is 0.254 e. The lowest BCUT2D eigenvalue weighted by Gasteiger charge is -2.16. The molecule has 1 aliphatic rings. The highest BCUT2D eigenvalue weighted by atomic mass is 35.5. The molecule has 1 aromatic heterocycles. The van der Waals surface area contributed by atoms with Crippen molar-refractivity contribution < 1.29 is 13.2 Å². The molecule has 1 N–H and O–H groups in total. The van der Waals surface area contributed by atoms with Crippen LogP contribution in [0.1, 0.15) is 6.42 Å². The van der Waals surface area contributed by atoms with Crippen LogP contribution in [0.5, 0.6) is 0 Å². The number of nitrogens with one attached hydrogen (secondary N) is 1. The van der Waals surface area contributed by atoms with Crippen molar-refractivity contribution in [2.75, 3.05) is 19.6 Å². The van der Waals surface area contributed by atoms with Crippen LogP contribution >= 0.6 is 22.9 Å². The van der Waals surface area contributed by atoms with Crippen LogP contribution in [0.4, 0.5) is 0 Å². The summed E-state index contributed by atoms with van der Waals surface area (Å²) in [6.07, 6.45) is 1.81. The normalized spacial score (nSPS) is 18.8. The Kier molecular flexibility index (Phi) is 3.67. The average molecular weight is 296 g/mol. The summed E-state index contributed by atoms with van der Waals surface area (Å²) in [5, 5.41) is 2.62. The Hall–Kier alpha value is -0.700. The topological polar surface area (TPSA) is 79.4 Å². The van der Waals surface area contributed by atoms with Crippen molar-refractivity contribution in [3.63, 3.8) is 0 Å². The fourth-order valence-electron chi connectivity index (χ4n) is 1.47. The van der Waals surface area contributed by atoms with Crippen LogP contribution in [0, 0.1) is 0 Å². The van der Waals surface area contributed by atoms with Gasteiger partial charge >= 0.3 is 0 Å². The van der Waals surface area contributed by atoms with Gasteiger partial charge in [0, 0.05) is 13.1 Å². The average Bonchev–Trinajstić information content (AvgIpc) is 2.57. The molecule has 0 atom stereocenters. The zero-order chi connectivity index (χ0) is 12.5. The second-order valence-corrected chi connectivity index (χ2v) is 7.25. The van der Waals surface area contributed by atoms with E-state index in [4.69, 9.17) is 11.6 Å². The summed E-state index contributed by atoms with van der Waals surface area (Å²) in [5.41, 5.74) is 0. The summed E-state index contributed by atoms with van der Waals surface area (Å²) >= 11 is 6.50. The van der Waals surface area contributed by atoms with E-state index < -0.39 is 10.0 Å². The third kappa shape index (κ3) is 2.76. The van der Waals surface area contributed by atoms with Gasteiger partial charge in [-0.2, -0.15) is 4.31 Å². The van der Waals surface area contributed by atoms with Gasteiger partial charge < -0.3 is 5.32 Å². The van der Waals surface area contributed by atoms with Gasteiger partial charge in [-0.05, 0) is 6.42 Å². The Morgan fingerprint density at radius 1 is 1.53 bits per heavy atom. The lowest BCUT2D eigenvalue weighted by atomic mass is 10.4. The number of carbonyl (C=O) groups excluding carboxylic acids is 1. The van der Waals surface area contributed by atoms with Crippen molar-refractivity contribution in [1.82, 2.24) is 14.6 Å². The van der Waals surface area contributed by atoms with Gasteiger partial charge in [-0.3, -0.25) is 4.79 Å². The quantitative estimate of drug-likeness (QED) is 0.851. The lowest BCUT2D eigenvalue weighted by molar-refractivity contribution is -0.120. The summed E-state index contributed by atoms with van der Waals surface area (Å²) < 4.78 is 25.7. The third-order valence-electron chi connectivity index (χ3n) is 2.28. The number of aromatic nitrogens is 1. The van der Waals surface area contributed by atoms with Gasteiger partial charge in [0.05, 0.1) is 12.7 Å². The van der Waals surface area contributed by atoms with E-state index in [1.165, 1.54) is 6.20 Å². The molecule has 6 nitrogen and oxygen atoms in total. The largest absolute Gasteiger partial charge is 0.355 e. The summed E-state index contributed by atoms with van der Waals surface area (Å²) in [5.74, 6) is -0.290. The van der Waals surface area contributed by atoms with Crippen molar-refractivity contribution in [3.8, 4) is 0 Å². The predicted octanol–water partition coefficient (Wildman–Crippen LogP) is 0.307. The van der Waals surface area contributed by atoms with Crippen molar-refractivity contribution >= 4 is 38.9 Å². The third-order valence-corrected chi connectivity index (χ3v) is 5.67. The van der Waals surface area contributed by atoms with Crippen LogP contribution in [0.2, 0.25) is 4.47 Å². The summed E-state index contributed by atoms with van der Waals surface area (Å²) in [6, 6.07) is 0. The fraction of sp³-hybridized carbons (Fsp3) is 0.500. The summed E-state index contributed by atoms with van der Waals surface area (Å²) in [6.45, 7) is 0.656. The molecule has 1 aliphatic heterocycles. The summed E-state index contributed by atoms with van der Waals surface area (Å²) in [7, 11) is -3.65. The number of sulfonamides is 1. The minimum absolute atomic E-state index is 0.0669. The van der Waals surface area contributed by atoms with Crippen molar-refractivity contribution in [1.29, 1.82) is 0 Å². The van der Waals surface area contributed by atoms with Gasteiger partial charge in [0.15, 0.2) is 8.68 Å². The molecule has 0 aliphatic carbocycles. The van der Waals surface area contributed by atoms with Crippen LogP contribution in [-0.4, -0.2) is 43.2 Å². The standard InChI is InChI=1S/C8H10ClN3O3S2/c9-8-11-4-7(16-8)17(14,15)12-3-1-2-10-6(13)5-12/h4H,1-3,5H2,(H,10,13). The maximum Gasteiger partial charge on any atom is 0.254 e. The highest BCUT2D eigenvalue weighted by Crippen LogP contribution is 2.25. The number of nitrogens with zero attached hydrogens (tertiary/aromatic N) is 2. The first kappa shape index (κ1) is 12.7.